The summed E-state index contributed by atoms with van der Waals surface area (Å²) in [7, 11) is 0. The summed E-state index contributed by atoms with van der Waals surface area (Å²) < 4.78 is 0. The van der Waals surface area contributed by atoms with E-state index in [1.807, 2.05) is 11.8 Å². The van der Waals surface area contributed by atoms with Crippen LogP contribution in [0.3, 0.4) is 0 Å². The standard InChI is InChI=1S/C8H15NS/c1-5-8(4)9-6(2)7(3)10-8/h7H,5H2,1-4H3/t7-,8+/m1/s1. The van der Waals surface area contributed by atoms with E-state index in [9.17, 15) is 0 Å². The highest BCUT2D eigenvalue weighted by molar-refractivity contribution is 8.02. The summed E-state index contributed by atoms with van der Waals surface area (Å²) in [6.45, 7) is 8.76. The number of hydrogen-bond acceptors (Lipinski definition) is 2. The molecule has 0 bridgehead atoms. The highest BCUT2D eigenvalue weighted by Gasteiger charge is 2.31. The van der Waals surface area contributed by atoms with Gasteiger partial charge < -0.3 is 0 Å². The molecule has 1 nitrogen and oxygen atoms in total. The Morgan fingerprint density at radius 3 is 2.50 bits per heavy atom. The molecule has 0 aromatic carbocycles. The van der Waals surface area contributed by atoms with E-state index >= 15 is 0 Å². The van der Waals surface area contributed by atoms with Crippen molar-refractivity contribution in [3.63, 3.8) is 0 Å². The average Bonchev–Trinajstić information content (AvgIpc) is 2.10. The molecule has 0 aromatic rings. The van der Waals surface area contributed by atoms with Gasteiger partial charge in [0, 0.05) is 11.0 Å². The molecule has 1 aliphatic rings. The van der Waals surface area contributed by atoms with Crippen LogP contribution >= 0.6 is 11.8 Å². The first-order chi connectivity index (χ1) is 4.57. The van der Waals surface area contributed by atoms with Crippen LogP contribution in [-0.4, -0.2) is 15.8 Å². The van der Waals surface area contributed by atoms with Crippen LogP contribution in [0.5, 0.6) is 0 Å². The van der Waals surface area contributed by atoms with Crippen LogP contribution < -0.4 is 0 Å². The van der Waals surface area contributed by atoms with Crippen molar-refractivity contribution < 1.29 is 0 Å². The lowest BCUT2D eigenvalue weighted by Gasteiger charge is -2.17. The van der Waals surface area contributed by atoms with Crippen molar-refractivity contribution in [3.05, 3.63) is 0 Å². The highest BCUT2D eigenvalue weighted by Crippen LogP contribution is 2.39. The van der Waals surface area contributed by atoms with Crippen LogP contribution in [0.2, 0.25) is 0 Å². The van der Waals surface area contributed by atoms with Crippen molar-refractivity contribution in [2.24, 2.45) is 4.99 Å². The quantitative estimate of drug-likeness (QED) is 0.570. The smallest absolute Gasteiger partial charge is 0.103 e. The minimum absolute atomic E-state index is 0.184. The number of nitrogens with zero attached hydrogens (tertiary/aromatic N) is 1. The fourth-order valence-corrected chi connectivity index (χ4v) is 2.47. The molecule has 0 amide bonds. The zero-order valence-electron chi connectivity index (χ0n) is 7.14. The Kier molecular flexibility index (Phi) is 2.09. The zero-order valence-corrected chi connectivity index (χ0v) is 7.96. The Balaban J connectivity index is 2.72. The molecule has 1 rings (SSSR count). The van der Waals surface area contributed by atoms with Crippen molar-refractivity contribution in [2.45, 2.75) is 44.2 Å². The molecular formula is C8H15NS. The minimum atomic E-state index is 0.184. The van der Waals surface area contributed by atoms with Gasteiger partial charge >= 0.3 is 0 Å². The summed E-state index contributed by atoms with van der Waals surface area (Å²) in [4.78, 5) is 4.78. The van der Waals surface area contributed by atoms with Crippen LogP contribution in [0.1, 0.15) is 34.1 Å². The SMILES string of the molecule is CC[C@@]1(C)N=C(C)[C@@H](C)S1. The maximum Gasteiger partial charge on any atom is 0.103 e. The molecule has 0 saturated carbocycles. The fourth-order valence-electron chi connectivity index (χ4n) is 1.12. The van der Waals surface area contributed by atoms with E-state index in [1.165, 1.54) is 5.71 Å². The van der Waals surface area contributed by atoms with Crippen molar-refractivity contribution in [3.8, 4) is 0 Å². The van der Waals surface area contributed by atoms with Gasteiger partial charge in [-0.15, -0.1) is 11.8 Å². The predicted octanol–water partition coefficient (Wildman–Crippen LogP) is 2.71. The van der Waals surface area contributed by atoms with E-state index in [2.05, 4.69) is 32.7 Å². The van der Waals surface area contributed by atoms with Gasteiger partial charge in [-0.2, -0.15) is 0 Å². The van der Waals surface area contributed by atoms with E-state index in [4.69, 9.17) is 0 Å². The Bertz CT molecular complexity index is 165. The molecular weight excluding hydrogens is 142 g/mol. The predicted molar refractivity (Wildman–Crippen MR) is 48.9 cm³/mol. The topological polar surface area (TPSA) is 12.4 Å². The maximum absolute atomic E-state index is 4.60. The molecule has 2 heteroatoms. The van der Waals surface area contributed by atoms with Gasteiger partial charge in [-0.1, -0.05) is 6.92 Å². The summed E-state index contributed by atoms with van der Waals surface area (Å²) in [5.41, 5.74) is 1.30. The molecule has 0 radical (unpaired) electrons. The van der Waals surface area contributed by atoms with E-state index in [1.54, 1.807) is 0 Å². The van der Waals surface area contributed by atoms with E-state index in [0.717, 1.165) is 6.42 Å². The molecule has 58 valence electrons. The van der Waals surface area contributed by atoms with Crippen LogP contribution in [0.4, 0.5) is 0 Å². The lowest BCUT2D eigenvalue weighted by molar-refractivity contribution is 0.662. The Labute approximate surface area is 67.3 Å². The van der Waals surface area contributed by atoms with Crippen LogP contribution in [0.25, 0.3) is 0 Å². The second-order valence-electron chi connectivity index (χ2n) is 3.04. The third kappa shape index (κ3) is 1.36. The Hall–Kier alpha value is 0.0200. The van der Waals surface area contributed by atoms with Crippen molar-refractivity contribution in [2.75, 3.05) is 0 Å². The molecule has 0 spiro atoms. The maximum atomic E-state index is 4.60. The third-order valence-corrected chi connectivity index (χ3v) is 3.67. The Morgan fingerprint density at radius 2 is 2.30 bits per heavy atom. The van der Waals surface area contributed by atoms with Gasteiger partial charge in [0.2, 0.25) is 0 Å². The number of thioether (sulfide) groups is 1. The number of rotatable bonds is 1. The van der Waals surface area contributed by atoms with Gasteiger partial charge in [-0.25, -0.2) is 0 Å². The van der Waals surface area contributed by atoms with Crippen molar-refractivity contribution >= 4 is 17.5 Å². The lowest BCUT2D eigenvalue weighted by atomic mass is 10.2. The summed E-state index contributed by atoms with van der Waals surface area (Å²) in [5.74, 6) is 0. The lowest BCUT2D eigenvalue weighted by Crippen LogP contribution is -2.11. The van der Waals surface area contributed by atoms with Gasteiger partial charge in [-0.3, -0.25) is 4.99 Å². The molecule has 0 unspecified atom stereocenters. The molecule has 0 fully saturated rings. The van der Waals surface area contributed by atoms with Gasteiger partial charge in [0.15, 0.2) is 0 Å². The first kappa shape index (κ1) is 8.12. The molecule has 0 aromatic heterocycles. The van der Waals surface area contributed by atoms with Gasteiger partial charge in [-0.05, 0) is 27.2 Å². The molecule has 10 heavy (non-hydrogen) atoms. The Morgan fingerprint density at radius 1 is 1.70 bits per heavy atom. The van der Waals surface area contributed by atoms with Gasteiger partial charge in [0.05, 0.1) is 0 Å². The van der Waals surface area contributed by atoms with Crippen LogP contribution in [0, 0.1) is 0 Å². The largest absolute Gasteiger partial charge is 0.276 e. The van der Waals surface area contributed by atoms with E-state index in [-0.39, 0.29) is 4.87 Å². The van der Waals surface area contributed by atoms with Crippen LogP contribution in [-0.2, 0) is 0 Å². The van der Waals surface area contributed by atoms with Crippen LogP contribution in [0.15, 0.2) is 4.99 Å². The third-order valence-electron chi connectivity index (χ3n) is 2.09. The first-order valence-corrected chi connectivity index (χ1v) is 4.69. The van der Waals surface area contributed by atoms with E-state index < -0.39 is 0 Å². The summed E-state index contributed by atoms with van der Waals surface area (Å²) in [6, 6.07) is 0. The second kappa shape index (κ2) is 2.57. The molecule has 0 N–H and O–H groups in total. The summed E-state index contributed by atoms with van der Waals surface area (Å²) in [5, 5.41) is 0.630. The molecule has 0 aliphatic carbocycles. The zero-order chi connectivity index (χ0) is 7.78. The monoisotopic (exact) mass is 157 g/mol. The van der Waals surface area contributed by atoms with Crippen molar-refractivity contribution in [1.82, 2.24) is 0 Å². The molecule has 2 atom stereocenters. The first-order valence-electron chi connectivity index (χ1n) is 3.81. The van der Waals surface area contributed by atoms with Gasteiger partial charge in [0.25, 0.3) is 0 Å². The number of aliphatic imine (C=N–C) groups is 1. The van der Waals surface area contributed by atoms with Gasteiger partial charge in [0.1, 0.15) is 4.87 Å². The van der Waals surface area contributed by atoms with Crippen molar-refractivity contribution in [1.29, 1.82) is 0 Å². The molecule has 1 heterocycles. The fraction of sp³-hybridized carbons (Fsp3) is 0.875. The normalized spacial score (nSPS) is 40.0. The summed E-state index contributed by atoms with van der Waals surface area (Å²) >= 11 is 1.97. The molecule has 0 saturated heterocycles. The summed E-state index contributed by atoms with van der Waals surface area (Å²) in [6.07, 6.45) is 1.14. The average molecular weight is 157 g/mol. The molecule has 1 aliphatic heterocycles. The highest BCUT2D eigenvalue weighted by atomic mass is 32.2. The number of hydrogen-bond donors (Lipinski definition) is 0. The van der Waals surface area contributed by atoms with E-state index in [0.29, 0.717) is 5.25 Å². The minimum Gasteiger partial charge on any atom is -0.276 e. The second-order valence-corrected chi connectivity index (χ2v) is 4.86.